The third-order valence-electron chi connectivity index (χ3n) is 8.65. The number of amides is 3. The highest BCUT2D eigenvalue weighted by Gasteiger charge is 2.08. The van der Waals surface area contributed by atoms with Gasteiger partial charge in [-0.3, -0.25) is 19.2 Å². The number of rotatable bonds is 12. The van der Waals surface area contributed by atoms with Crippen molar-refractivity contribution in [1.82, 2.24) is 25.9 Å². The molecule has 6 rings (SSSR count). The van der Waals surface area contributed by atoms with E-state index >= 15 is 0 Å². The zero-order chi connectivity index (χ0) is 50.7. The number of nitrogens with one attached hydrogen (secondary N) is 3. The summed E-state index contributed by atoms with van der Waals surface area (Å²) in [6, 6.07) is 51.0. The lowest BCUT2D eigenvalue weighted by atomic mass is 10.1. The van der Waals surface area contributed by atoms with Gasteiger partial charge in [0.1, 0.15) is 13.8 Å². The Morgan fingerprint density at radius 2 is 0.794 bits per heavy atom. The fourth-order valence-electron chi connectivity index (χ4n) is 5.10. The second-order valence-corrected chi connectivity index (χ2v) is 16.9. The molecule has 0 saturated heterocycles. The van der Waals surface area contributed by atoms with Gasteiger partial charge in [-0.15, -0.1) is 0 Å². The molecule has 356 valence electrons. The van der Waals surface area contributed by atoms with Crippen LogP contribution in [0, 0.1) is 0 Å². The number of halogens is 4. The van der Waals surface area contributed by atoms with Gasteiger partial charge < -0.3 is 21.7 Å². The van der Waals surface area contributed by atoms with Crippen molar-refractivity contribution in [2.24, 2.45) is 5.73 Å². The molecule has 0 unspecified atom stereocenters. The van der Waals surface area contributed by atoms with Crippen LogP contribution in [0.4, 0.5) is 0 Å². The second-order valence-electron chi connectivity index (χ2n) is 14.0. The van der Waals surface area contributed by atoms with Crippen molar-refractivity contribution in [1.29, 1.82) is 0 Å². The first-order valence-electron chi connectivity index (χ1n) is 21.0. The van der Waals surface area contributed by atoms with E-state index in [0.717, 1.165) is 42.3 Å². The number of hydrogen-bond acceptors (Lipinski definition) is 7. The van der Waals surface area contributed by atoms with Crippen LogP contribution in [-0.2, 0) is 19.2 Å². The van der Waals surface area contributed by atoms with E-state index in [1.807, 2.05) is 185 Å². The zero-order valence-corrected chi connectivity index (χ0v) is 44.0. The van der Waals surface area contributed by atoms with Gasteiger partial charge in [-0.1, -0.05) is 153 Å². The normalized spacial score (nSPS) is 11.4. The minimum absolute atomic E-state index is 0.0242. The summed E-state index contributed by atoms with van der Waals surface area (Å²) in [6.45, 7) is 17.7. The summed E-state index contributed by atoms with van der Waals surface area (Å²) in [6.07, 6.45) is 6.78. The van der Waals surface area contributed by atoms with E-state index in [2.05, 4.69) is 93.4 Å². The largest absolute Gasteiger partial charge is 0.346 e. The standard InChI is InChI=1S/C16H15BrN2O.2C11H13NO.C8H11N.C5H3Br2N.C3H3ClO/c1-12(13-6-3-2-4-7-13)18-16(20)11-10-14-8-5-9-15(17)19-14;2*1-3-11(13)12-9(2)10-7-5-4-6-8-10;1-7(9)8-5-3-2-4-6-8;6-4-2-1-3-5(7)8-4;1-2-3(4)5/h2-12H,1H3,(H,18,20);2*3-9H,1H2,2H3,(H,12,13);2-7H,9H2,1H3;1-3H;2H,1H2/b11-10+;;;;;/t12-;2*9-;7-;;/m0001../s1. The fourth-order valence-corrected chi connectivity index (χ4v) is 6.38. The maximum Gasteiger partial charge on any atom is 0.244 e. The van der Waals surface area contributed by atoms with Gasteiger partial charge in [-0.2, -0.15) is 0 Å². The maximum absolute atomic E-state index is 11.8. The van der Waals surface area contributed by atoms with Gasteiger partial charge in [-0.25, -0.2) is 9.97 Å². The monoisotopic (exact) mass is 1130 g/mol. The van der Waals surface area contributed by atoms with Gasteiger partial charge >= 0.3 is 0 Å². The van der Waals surface area contributed by atoms with Crippen molar-refractivity contribution in [3.63, 3.8) is 0 Å². The van der Waals surface area contributed by atoms with E-state index < -0.39 is 5.24 Å². The molecule has 6 aromatic rings. The molecule has 10 nitrogen and oxygen atoms in total. The van der Waals surface area contributed by atoms with Crippen LogP contribution in [0.1, 0.15) is 79.8 Å². The van der Waals surface area contributed by atoms with Gasteiger partial charge in [0.05, 0.1) is 23.8 Å². The Bertz CT molecular complexity index is 2370. The van der Waals surface area contributed by atoms with Crippen molar-refractivity contribution in [3.8, 4) is 0 Å². The van der Waals surface area contributed by atoms with Crippen molar-refractivity contribution < 1.29 is 19.2 Å². The van der Waals surface area contributed by atoms with E-state index in [9.17, 15) is 19.2 Å². The number of carbonyl (C=O) groups excluding carboxylic acids is 4. The summed E-state index contributed by atoms with van der Waals surface area (Å²) < 4.78 is 2.46. The number of hydrogen-bond donors (Lipinski definition) is 4. The van der Waals surface area contributed by atoms with Crippen LogP contribution in [0.15, 0.2) is 216 Å². The molecule has 0 aliphatic rings. The number of pyridine rings is 2. The Morgan fingerprint density at radius 3 is 1.06 bits per heavy atom. The number of allylic oxidation sites excluding steroid dienone is 1. The first-order valence-corrected chi connectivity index (χ1v) is 23.8. The molecule has 14 heteroatoms. The summed E-state index contributed by atoms with van der Waals surface area (Å²) in [5.41, 5.74) is 10.8. The predicted octanol–water partition coefficient (Wildman–Crippen LogP) is 13.1. The molecule has 4 atom stereocenters. The summed E-state index contributed by atoms with van der Waals surface area (Å²) in [7, 11) is 0. The smallest absolute Gasteiger partial charge is 0.244 e. The highest BCUT2D eigenvalue weighted by atomic mass is 79.9. The SMILES string of the molecule is Brc1cccc(Br)n1.C=CC(=O)Cl.C=CC(=O)N[C@@H](C)c1ccccc1.C=CC(=O)N[C@@H](C)c1ccccc1.C[C@@H](N)c1ccccc1.C[C@H](NC(=O)/C=C/c1cccc(Br)n1)c1ccccc1. The lowest BCUT2D eigenvalue weighted by Crippen LogP contribution is -2.24. The first-order chi connectivity index (χ1) is 32.5. The number of carbonyl (C=O) groups is 4. The second kappa shape index (κ2) is 36.0. The van der Waals surface area contributed by atoms with Crippen LogP contribution in [-0.4, -0.2) is 32.9 Å². The molecule has 68 heavy (non-hydrogen) atoms. The first kappa shape index (κ1) is 59.9. The minimum atomic E-state index is -0.509. The molecule has 0 aliphatic heterocycles. The van der Waals surface area contributed by atoms with E-state index in [1.54, 1.807) is 6.08 Å². The number of benzene rings is 4. The highest BCUT2D eigenvalue weighted by Crippen LogP contribution is 2.14. The molecule has 0 fully saturated rings. The third-order valence-corrected chi connectivity index (χ3v) is 10.1. The van der Waals surface area contributed by atoms with Gasteiger partial charge in [0.15, 0.2) is 0 Å². The molecule has 2 heterocycles. The summed E-state index contributed by atoms with van der Waals surface area (Å²) in [4.78, 5) is 51.5. The van der Waals surface area contributed by atoms with E-state index in [1.165, 1.54) is 23.8 Å². The summed E-state index contributed by atoms with van der Waals surface area (Å²) in [5, 5.41) is 7.98. The maximum atomic E-state index is 11.8. The predicted molar refractivity (Wildman–Crippen MR) is 290 cm³/mol. The molecule has 5 N–H and O–H groups in total. The molecule has 0 bridgehead atoms. The lowest BCUT2D eigenvalue weighted by Gasteiger charge is -2.12. The zero-order valence-electron chi connectivity index (χ0n) is 38.4. The lowest BCUT2D eigenvalue weighted by molar-refractivity contribution is -0.117. The van der Waals surface area contributed by atoms with E-state index in [4.69, 9.17) is 17.3 Å². The highest BCUT2D eigenvalue weighted by molar-refractivity contribution is 9.11. The van der Waals surface area contributed by atoms with Crippen molar-refractivity contribution in [2.75, 3.05) is 0 Å². The Hall–Kier alpha value is -6.09. The fraction of sp³-hybridized carbons (Fsp3) is 0.148. The van der Waals surface area contributed by atoms with Crippen molar-refractivity contribution in [2.45, 2.75) is 51.9 Å². The molecule has 0 spiro atoms. The number of aromatic nitrogens is 2. The number of nitrogens with two attached hydrogens (primary N) is 1. The van der Waals surface area contributed by atoms with E-state index in [-0.39, 0.29) is 41.9 Å². The van der Waals surface area contributed by atoms with Crippen LogP contribution < -0.4 is 21.7 Å². The van der Waals surface area contributed by atoms with E-state index in [0.29, 0.717) is 0 Å². The molecule has 3 amide bonds. The minimum Gasteiger partial charge on any atom is -0.346 e. The van der Waals surface area contributed by atoms with Crippen LogP contribution in [0.5, 0.6) is 0 Å². The average Bonchev–Trinajstić information content (AvgIpc) is 3.35. The molecule has 0 radical (unpaired) electrons. The van der Waals surface area contributed by atoms with Crippen LogP contribution >= 0.6 is 59.4 Å². The Kier molecular flexibility index (Phi) is 31.7. The van der Waals surface area contributed by atoms with Gasteiger partial charge in [0.2, 0.25) is 23.0 Å². The molecular formula is C54H58Br3ClN6O4. The van der Waals surface area contributed by atoms with Crippen molar-refractivity contribution >= 4 is 88.4 Å². The average molecular weight is 1130 g/mol. The topological polar surface area (TPSA) is 156 Å². The van der Waals surface area contributed by atoms with Crippen molar-refractivity contribution in [3.05, 3.63) is 244 Å². The quantitative estimate of drug-likeness (QED) is 0.0540. The van der Waals surface area contributed by atoms with Crippen LogP contribution in [0.3, 0.4) is 0 Å². The Balaban J connectivity index is 0.000000428. The van der Waals surface area contributed by atoms with Gasteiger partial charge in [0.25, 0.3) is 0 Å². The molecule has 0 saturated carbocycles. The molecule has 4 aromatic carbocycles. The Morgan fingerprint density at radius 1 is 0.485 bits per heavy atom. The summed E-state index contributed by atoms with van der Waals surface area (Å²) >= 11 is 14.4. The molecule has 0 aliphatic carbocycles. The van der Waals surface area contributed by atoms with Crippen LogP contribution in [0.25, 0.3) is 6.08 Å². The summed E-state index contributed by atoms with van der Waals surface area (Å²) in [5.74, 6) is -0.421. The Labute approximate surface area is 431 Å². The van der Waals surface area contributed by atoms with Crippen LogP contribution in [0.2, 0.25) is 0 Å². The van der Waals surface area contributed by atoms with Gasteiger partial charge in [-0.05, 0) is 158 Å². The molecule has 2 aromatic heterocycles. The molecular weight excluding hydrogens is 1070 g/mol. The number of nitrogens with zero attached hydrogens (tertiary/aromatic N) is 2. The third kappa shape index (κ3) is 28.8. The van der Waals surface area contributed by atoms with Gasteiger partial charge in [0, 0.05) is 12.1 Å².